The van der Waals surface area contributed by atoms with Crippen molar-refractivity contribution in [3.63, 3.8) is 0 Å². The Morgan fingerprint density at radius 3 is 2.79 bits per heavy atom. The molecule has 0 aliphatic carbocycles. The Bertz CT molecular complexity index is 1050. The molecular weight excluding hydrogens is 358 g/mol. The molecule has 2 N–H and O–H groups in total. The zero-order chi connectivity index (χ0) is 19.7. The second-order valence-electron chi connectivity index (χ2n) is 6.53. The highest BCUT2D eigenvalue weighted by atomic mass is 16.5. The zero-order valence-electron chi connectivity index (χ0n) is 15.5. The number of aromatic nitrogens is 3. The van der Waals surface area contributed by atoms with E-state index in [-0.39, 0.29) is 24.2 Å². The number of methoxy groups -OCH3 is 1. The van der Waals surface area contributed by atoms with E-state index in [4.69, 9.17) is 4.74 Å². The van der Waals surface area contributed by atoms with Gasteiger partial charge in [0.25, 0.3) is 0 Å². The number of benzene rings is 2. The number of nitrogens with zero attached hydrogens (tertiary/aromatic N) is 3. The van der Waals surface area contributed by atoms with E-state index in [0.29, 0.717) is 17.3 Å². The molecule has 0 spiro atoms. The van der Waals surface area contributed by atoms with Gasteiger partial charge in [-0.15, -0.1) is 5.10 Å². The molecule has 0 fully saturated rings. The van der Waals surface area contributed by atoms with Gasteiger partial charge in [0, 0.05) is 5.56 Å². The van der Waals surface area contributed by atoms with Gasteiger partial charge in [-0.1, -0.05) is 36.4 Å². The van der Waals surface area contributed by atoms with Crippen molar-refractivity contribution >= 4 is 23.5 Å². The highest BCUT2D eigenvalue weighted by Crippen LogP contribution is 2.30. The topological polar surface area (TPSA) is 98.1 Å². The van der Waals surface area contributed by atoms with Crippen LogP contribution in [0.2, 0.25) is 0 Å². The number of ether oxygens (including phenoxy) is 1. The van der Waals surface area contributed by atoms with Crippen LogP contribution in [0, 0.1) is 6.92 Å². The first-order valence-electron chi connectivity index (χ1n) is 8.82. The van der Waals surface area contributed by atoms with Crippen LogP contribution in [0.4, 0.5) is 11.6 Å². The van der Waals surface area contributed by atoms with E-state index >= 15 is 0 Å². The van der Waals surface area contributed by atoms with Gasteiger partial charge in [-0.25, -0.2) is 4.68 Å². The minimum atomic E-state index is -0.807. The Balaban J connectivity index is 1.66. The average Bonchev–Trinajstić information content (AvgIpc) is 3.12. The van der Waals surface area contributed by atoms with Gasteiger partial charge >= 0.3 is 0 Å². The van der Waals surface area contributed by atoms with E-state index in [1.54, 1.807) is 6.07 Å². The van der Waals surface area contributed by atoms with Gasteiger partial charge in [-0.3, -0.25) is 14.9 Å². The lowest BCUT2D eigenvalue weighted by atomic mass is 10.1. The molecule has 3 aromatic rings. The second-order valence-corrected chi connectivity index (χ2v) is 6.53. The van der Waals surface area contributed by atoms with E-state index < -0.39 is 6.04 Å². The Morgan fingerprint density at radius 2 is 2.04 bits per heavy atom. The minimum absolute atomic E-state index is 0.0233. The van der Waals surface area contributed by atoms with Crippen LogP contribution in [0.5, 0.6) is 5.75 Å². The highest BCUT2D eigenvalue weighted by Gasteiger charge is 2.33. The van der Waals surface area contributed by atoms with E-state index in [1.165, 1.54) is 11.8 Å². The summed E-state index contributed by atoms with van der Waals surface area (Å²) >= 11 is 0. The molecule has 142 valence electrons. The molecule has 0 unspecified atom stereocenters. The fourth-order valence-corrected chi connectivity index (χ4v) is 3.11. The standard InChI is InChI=1S/C20H19N5O3/c1-12-8-9-16(28-2)14(10-12)21-19(27)15-11-17(26)22-20-23-18(24-25(15)20)13-6-4-3-5-7-13/h3-10,15H,11H2,1-2H3,(H,21,27)(H,22,23,24,26)/t15-/m1/s1. The van der Waals surface area contributed by atoms with Crippen molar-refractivity contribution in [1.29, 1.82) is 0 Å². The molecule has 1 aliphatic rings. The van der Waals surface area contributed by atoms with Gasteiger partial charge in [0.05, 0.1) is 19.2 Å². The summed E-state index contributed by atoms with van der Waals surface area (Å²) in [5.74, 6) is 0.610. The van der Waals surface area contributed by atoms with Crippen LogP contribution in [-0.2, 0) is 9.59 Å². The van der Waals surface area contributed by atoms with Gasteiger partial charge in [-0.2, -0.15) is 4.98 Å². The number of carbonyl (C=O) groups excluding carboxylic acids is 2. The summed E-state index contributed by atoms with van der Waals surface area (Å²) in [4.78, 5) is 29.5. The van der Waals surface area contributed by atoms with Crippen molar-refractivity contribution in [2.45, 2.75) is 19.4 Å². The summed E-state index contributed by atoms with van der Waals surface area (Å²) < 4.78 is 6.77. The minimum Gasteiger partial charge on any atom is -0.495 e. The van der Waals surface area contributed by atoms with Crippen molar-refractivity contribution < 1.29 is 14.3 Å². The monoisotopic (exact) mass is 377 g/mol. The van der Waals surface area contributed by atoms with E-state index in [1.807, 2.05) is 49.4 Å². The third-order valence-electron chi connectivity index (χ3n) is 4.50. The molecule has 1 atom stereocenters. The van der Waals surface area contributed by atoms with Crippen LogP contribution in [0.25, 0.3) is 11.4 Å². The molecule has 8 heteroatoms. The molecule has 8 nitrogen and oxygen atoms in total. The van der Waals surface area contributed by atoms with Crippen molar-refractivity contribution in [3.05, 3.63) is 54.1 Å². The van der Waals surface area contributed by atoms with Gasteiger partial charge < -0.3 is 10.1 Å². The summed E-state index contributed by atoms with van der Waals surface area (Å²) in [6, 6.07) is 14.1. The number of hydrogen-bond donors (Lipinski definition) is 2. The molecule has 4 rings (SSSR count). The highest BCUT2D eigenvalue weighted by molar-refractivity contribution is 6.01. The van der Waals surface area contributed by atoms with Crippen LogP contribution < -0.4 is 15.4 Å². The van der Waals surface area contributed by atoms with Crippen molar-refractivity contribution in [2.24, 2.45) is 0 Å². The van der Waals surface area contributed by atoms with E-state index in [9.17, 15) is 9.59 Å². The lowest BCUT2D eigenvalue weighted by Gasteiger charge is -2.23. The summed E-state index contributed by atoms with van der Waals surface area (Å²) in [5, 5.41) is 9.98. The molecule has 2 aromatic carbocycles. The van der Waals surface area contributed by atoms with Gasteiger partial charge in [0.15, 0.2) is 5.82 Å². The van der Waals surface area contributed by atoms with Crippen molar-refractivity contribution in [3.8, 4) is 17.1 Å². The lowest BCUT2D eigenvalue weighted by molar-refractivity contribution is -0.125. The lowest BCUT2D eigenvalue weighted by Crippen LogP contribution is -2.36. The number of rotatable bonds is 4. The molecule has 2 amide bonds. The smallest absolute Gasteiger partial charge is 0.250 e. The number of carbonyl (C=O) groups is 2. The van der Waals surface area contributed by atoms with Crippen LogP contribution in [0.1, 0.15) is 18.0 Å². The molecular formula is C20H19N5O3. The third-order valence-corrected chi connectivity index (χ3v) is 4.50. The van der Waals surface area contributed by atoms with E-state index in [2.05, 4.69) is 20.7 Å². The third kappa shape index (κ3) is 3.32. The maximum absolute atomic E-state index is 13.0. The molecule has 0 saturated heterocycles. The Labute approximate surface area is 161 Å². The number of nitrogens with one attached hydrogen (secondary N) is 2. The molecule has 28 heavy (non-hydrogen) atoms. The van der Waals surface area contributed by atoms with Gasteiger partial charge in [-0.05, 0) is 24.6 Å². The van der Waals surface area contributed by atoms with Crippen LogP contribution >= 0.6 is 0 Å². The van der Waals surface area contributed by atoms with Crippen molar-refractivity contribution in [1.82, 2.24) is 14.8 Å². The summed E-state index contributed by atoms with van der Waals surface area (Å²) in [7, 11) is 1.54. The molecule has 0 radical (unpaired) electrons. The maximum Gasteiger partial charge on any atom is 0.250 e. The van der Waals surface area contributed by atoms with Crippen LogP contribution in [-0.4, -0.2) is 33.7 Å². The van der Waals surface area contributed by atoms with Crippen LogP contribution in [0.15, 0.2) is 48.5 Å². The fraction of sp³-hybridized carbons (Fsp3) is 0.200. The second kappa shape index (κ2) is 7.15. The van der Waals surface area contributed by atoms with Crippen molar-refractivity contribution in [2.75, 3.05) is 17.7 Å². The molecule has 0 bridgehead atoms. The predicted octanol–water partition coefficient (Wildman–Crippen LogP) is 2.78. The summed E-state index contributed by atoms with van der Waals surface area (Å²) in [6.45, 7) is 1.92. The first-order chi connectivity index (χ1) is 13.5. The first kappa shape index (κ1) is 17.7. The summed E-state index contributed by atoms with van der Waals surface area (Å²) in [5.41, 5.74) is 2.33. The SMILES string of the molecule is COc1ccc(C)cc1NC(=O)[C@H]1CC(=O)Nc2nc(-c3ccccc3)nn21. The van der Waals surface area contributed by atoms with Gasteiger partial charge in [0.1, 0.15) is 11.8 Å². The average molecular weight is 377 g/mol. The van der Waals surface area contributed by atoms with Crippen LogP contribution in [0.3, 0.4) is 0 Å². The first-order valence-corrected chi connectivity index (χ1v) is 8.82. The Kier molecular flexibility index (Phi) is 4.52. The van der Waals surface area contributed by atoms with E-state index in [0.717, 1.165) is 11.1 Å². The number of hydrogen-bond acceptors (Lipinski definition) is 5. The maximum atomic E-state index is 13.0. The molecule has 1 aliphatic heterocycles. The quantitative estimate of drug-likeness (QED) is 0.729. The number of amides is 2. The Hall–Kier alpha value is -3.68. The molecule has 0 saturated carbocycles. The Morgan fingerprint density at radius 1 is 1.25 bits per heavy atom. The number of aryl methyl sites for hydroxylation is 1. The predicted molar refractivity (Wildman–Crippen MR) is 104 cm³/mol. The number of fused-ring (bicyclic) bond motifs is 1. The molecule has 1 aromatic heterocycles. The fourth-order valence-electron chi connectivity index (χ4n) is 3.11. The number of anilines is 2. The molecule has 2 heterocycles. The summed E-state index contributed by atoms with van der Waals surface area (Å²) in [6.07, 6.45) is -0.0233. The van der Waals surface area contributed by atoms with Gasteiger partial charge in [0.2, 0.25) is 17.8 Å². The largest absolute Gasteiger partial charge is 0.495 e. The normalized spacial score (nSPS) is 15.5. The zero-order valence-corrected chi connectivity index (χ0v) is 15.5.